The third-order valence-electron chi connectivity index (χ3n) is 2.62. The minimum Gasteiger partial charge on any atom is -0.480 e. The van der Waals surface area contributed by atoms with Gasteiger partial charge in [-0.05, 0) is 6.92 Å². The van der Waals surface area contributed by atoms with Crippen molar-refractivity contribution in [3.63, 3.8) is 0 Å². The molecule has 86 valence electrons. The molecule has 1 rings (SSSR count). The van der Waals surface area contributed by atoms with E-state index in [0.29, 0.717) is 13.1 Å². The van der Waals surface area contributed by atoms with Crippen molar-refractivity contribution >= 4 is 11.9 Å². The van der Waals surface area contributed by atoms with E-state index in [1.165, 1.54) is 7.11 Å². The zero-order chi connectivity index (χ0) is 11.5. The average molecular weight is 216 g/mol. The zero-order valence-corrected chi connectivity index (χ0v) is 8.95. The molecule has 1 aliphatic heterocycles. The monoisotopic (exact) mass is 216 g/mol. The van der Waals surface area contributed by atoms with Crippen LogP contribution in [0.4, 0.5) is 0 Å². The number of methoxy groups -OCH3 is 1. The van der Waals surface area contributed by atoms with Gasteiger partial charge in [-0.1, -0.05) is 0 Å². The van der Waals surface area contributed by atoms with E-state index >= 15 is 0 Å². The number of hydrogen-bond donors (Lipinski definition) is 2. The lowest BCUT2D eigenvalue weighted by molar-refractivity contribution is -0.156. The fraction of sp³-hybridized carbons (Fsp3) is 0.778. The maximum absolute atomic E-state index is 11.2. The minimum absolute atomic E-state index is 0.0651. The molecule has 15 heavy (non-hydrogen) atoms. The first-order valence-corrected chi connectivity index (χ1v) is 4.75. The summed E-state index contributed by atoms with van der Waals surface area (Å²) in [5.74, 6) is -1.12. The summed E-state index contributed by atoms with van der Waals surface area (Å²) in [5, 5.41) is 11.8. The fourth-order valence-electron chi connectivity index (χ4n) is 1.63. The van der Waals surface area contributed by atoms with Crippen LogP contribution >= 0.6 is 0 Å². The number of piperazine rings is 1. The Morgan fingerprint density at radius 1 is 1.73 bits per heavy atom. The highest BCUT2D eigenvalue weighted by Gasteiger charge is 2.41. The number of carboxylic acid groups (broad SMARTS) is 1. The van der Waals surface area contributed by atoms with Crippen molar-refractivity contribution in [1.29, 1.82) is 0 Å². The van der Waals surface area contributed by atoms with E-state index in [1.807, 2.05) is 0 Å². The summed E-state index contributed by atoms with van der Waals surface area (Å²) in [6.45, 7) is 2.74. The second-order valence-electron chi connectivity index (χ2n) is 3.78. The second kappa shape index (κ2) is 4.59. The van der Waals surface area contributed by atoms with Gasteiger partial charge in [0.15, 0.2) is 0 Å². The summed E-state index contributed by atoms with van der Waals surface area (Å²) < 4.78 is 4.90. The molecular weight excluding hydrogens is 200 g/mol. The molecule has 6 nitrogen and oxygen atoms in total. The molecular formula is C9H16N2O4. The maximum atomic E-state index is 11.2. The predicted molar refractivity (Wildman–Crippen MR) is 52.5 cm³/mol. The summed E-state index contributed by atoms with van der Waals surface area (Å²) in [5.41, 5.74) is -1.13. The number of amides is 1. The van der Waals surface area contributed by atoms with Crippen LogP contribution in [0, 0.1) is 0 Å². The van der Waals surface area contributed by atoms with E-state index in [0.717, 1.165) is 0 Å². The highest BCUT2D eigenvalue weighted by atomic mass is 16.5. The molecule has 0 spiro atoms. The van der Waals surface area contributed by atoms with E-state index in [1.54, 1.807) is 11.8 Å². The molecule has 0 aromatic rings. The van der Waals surface area contributed by atoms with E-state index in [4.69, 9.17) is 9.84 Å². The molecule has 0 aromatic heterocycles. The summed E-state index contributed by atoms with van der Waals surface area (Å²) in [6.07, 6.45) is 0. The van der Waals surface area contributed by atoms with E-state index in [9.17, 15) is 9.59 Å². The van der Waals surface area contributed by atoms with Gasteiger partial charge in [0.1, 0.15) is 5.54 Å². The Morgan fingerprint density at radius 3 is 2.87 bits per heavy atom. The number of hydrogen-bond acceptors (Lipinski definition) is 4. The van der Waals surface area contributed by atoms with Gasteiger partial charge in [0.2, 0.25) is 5.91 Å². The number of nitrogens with one attached hydrogen (secondary N) is 1. The Kier molecular flexibility index (Phi) is 3.65. The lowest BCUT2D eigenvalue weighted by Crippen LogP contribution is -2.62. The van der Waals surface area contributed by atoms with Gasteiger partial charge in [-0.15, -0.1) is 0 Å². The molecule has 1 saturated heterocycles. The highest BCUT2D eigenvalue weighted by Crippen LogP contribution is 2.16. The number of nitrogens with zero attached hydrogens (tertiary/aromatic N) is 1. The van der Waals surface area contributed by atoms with Gasteiger partial charge in [-0.2, -0.15) is 0 Å². The molecule has 1 aliphatic rings. The Bertz CT molecular complexity index is 269. The molecule has 6 heteroatoms. The van der Waals surface area contributed by atoms with Crippen LogP contribution in [0.2, 0.25) is 0 Å². The Labute approximate surface area is 88.2 Å². The van der Waals surface area contributed by atoms with Crippen LogP contribution in [0.5, 0.6) is 0 Å². The number of carbonyl (C=O) groups is 2. The quantitative estimate of drug-likeness (QED) is 0.624. The zero-order valence-electron chi connectivity index (χ0n) is 8.95. The number of aliphatic carboxylic acids is 1. The molecule has 0 radical (unpaired) electrons. The Balaban J connectivity index is 2.78. The molecule has 1 unspecified atom stereocenters. The van der Waals surface area contributed by atoms with Crippen LogP contribution in [-0.2, 0) is 14.3 Å². The molecule has 1 fully saturated rings. The van der Waals surface area contributed by atoms with Gasteiger partial charge < -0.3 is 15.2 Å². The highest BCUT2D eigenvalue weighted by molar-refractivity contribution is 5.82. The van der Waals surface area contributed by atoms with Crippen molar-refractivity contribution in [2.24, 2.45) is 0 Å². The largest absolute Gasteiger partial charge is 0.480 e. The van der Waals surface area contributed by atoms with Crippen molar-refractivity contribution in [3.8, 4) is 0 Å². The van der Waals surface area contributed by atoms with Crippen molar-refractivity contribution < 1.29 is 19.4 Å². The summed E-state index contributed by atoms with van der Waals surface area (Å²) in [7, 11) is 1.45. The van der Waals surface area contributed by atoms with Gasteiger partial charge in [0.25, 0.3) is 0 Å². The van der Waals surface area contributed by atoms with Crippen molar-refractivity contribution in [3.05, 3.63) is 0 Å². The number of ether oxygens (including phenoxy) is 1. The molecule has 1 heterocycles. The fourth-order valence-corrected chi connectivity index (χ4v) is 1.63. The van der Waals surface area contributed by atoms with E-state index in [2.05, 4.69) is 5.32 Å². The standard InChI is InChI=1S/C9H16N2O4/c1-9(6-15-2,8(13)14)11-4-3-10-7(12)5-11/h3-6H2,1-2H3,(H,10,12)(H,13,14). The summed E-state index contributed by atoms with van der Waals surface area (Å²) >= 11 is 0. The summed E-state index contributed by atoms with van der Waals surface area (Å²) in [4.78, 5) is 23.9. The Morgan fingerprint density at radius 2 is 2.40 bits per heavy atom. The third kappa shape index (κ3) is 2.45. The number of carbonyl (C=O) groups excluding carboxylic acids is 1. The number of rotatable bonds is 4. The molecule has 0 aromatic carbocycles. The van der Waals surface area contributed by atoms with E-state index < -0.39 is 11.5 Å². The number of carboxylic acids is 1. The van der Waals surface area contributed by atoms with E-state index in [-0.39, 0.29) is 19.1 Å². The normalized spacial score (nSPS) is 21.9. The van der Waals surface area contributed by atoms with Crippen molar-refractivity contribution in [2.75, 3.05) is 33.4 Å². The first kappa shape index (κ1) is 11.9. The minimum atomic E-state index is -1.13. The molecule has 0 aliphatic carbocycles. The van der Waals surface area contributed by atoms with Crippen LogP contribution in [0.25, 0.3) is 0 Å². The molecule has 1 amide bonds. The molecule has 1 atom stereocenters. The third-order valence-corrected chi connectivity index (χ3v) is 2.62. The topological polar surface area (TPSA) is 78.9 Å². The van der Waals surface area contributed by atoms with Gasteiger partial charge in [0.05, 0.1) is 13.2 Å². The SMILES string of the molecule is COCC(C)(C(=O)O)N1CCNC(=O)C1. The molecule has 2 N–H and O–H groups in total. The van der Waals surface area contributed by atoms with Gasteiger partial charge in [-0.3, -0.25) is 14.5 Å². The Hall–Kier alpha value is -1.14. The lowest BCUT2D eigenvalue weighted by Gasteiger charge is -2.39. The van der Waals surface area contributed by atoms with Crippen LogP contribution in [0.1, 0.15) is 6.92 Å². The van der Waals surface area contributed by atoms with Gasteiger partial charge >= 0.3 is 5.97 Å². The first-order valence-electron chi connectivity index (χ1n) is 4.75. The predicted octanol–water partition coefficient (Wildman–Crippen LogP) is -1.09. The van der Waals surface area contributed by atoms with Crippen LogP contribution in [0.3, 0.4) is 0 Å². The maximum Gasteiger partial charge on any atom is 0.326 e. The summed E-state index contributed by atoms with van der Waals surface area (Å²) in [6, 6.07) is 0. The smallest absolute Gasteiger partial charge is 0.326 e. The van der Waals surface area contributed by atoms with Gasteiger partial charge in [-0.25, -0.2) is 0 Å². The molecule has 0 saturated carbocycles. The lowest BCUT2D eigenvalue weighted by atomic mass is 10.0. The van der Waals surface area contributed by atoms with Crippen LogP contribution < -0.4 is 5.32 Å². The molecule has 0 bridgehead atoms. The van der Waals surface area contributed by atoms with Gasteiger partial charge in [0, 0.05) is 20.2 Å². The second-order valence-corrected chi connectivity index (χ2v) is 3.78. The van der Waals surface area contributed by atoms with Crippen molar-refractivity contribution in [1.82, 2.24) is 10.2 Å². The average Bonchev–Trinajstić information content (AvgIpc) is 2.17. The first-order chi connectivity index (χ1) is 7.00. The van der Waals surface area contributed by atoms with Crippen molar-refractivity contribution in [2.45, 2.75) is 12.5 Å². The van der Waals surface area contributed by atoms with Crippen LogP contribution in [0.15, 0.2) is 0 Å². The van der Waals surface area contributed by atoms with Crippen LogP contribution in [-0.4, -0.2) is 60.8 Å².